The largest absolute Gasteiger partial charge is 0.491 e. The molecule has 0 spiro atoms. The minimum Gasteiger partial charge on any atom is -0.491 e. The summed E-state index contributed by atoms with van der Waals surface area (Å²) in [6, 6.07) is 3.86. The van der Waals surface area contributed by atoms with Gasteiger partial charge < -0.3 is 20.3 Å². The maximum Gasteiger partial charge on any atom is 0.123 e. The number of hydrogen-bond acceptors (Lipinski definition) is 4. The summed E-state index contributed by atoms with van der Waals surface area (Å²) in [6.07, 6.45) is 0.189. The predicted molar refractivity (Wildman–Crippen MR) is 90.9 cm³/mol. The van der Waals surface area contributed by atoms with E-state index in [0.29, 0.717) is 12.5 Å². The maximum absolute atomic E-state index is 10.0. The van der Waals surface area contributed by atoms with Gasteiger partial charge >= 0.3 is 0 Å². The Morgan fingerprint density at radius 2 is 2.00 bits per heavy atom. The third-order valence-corrected chi connectivity index (χ3v) is 4.11. The van der Waals surface area contributed by atoms with Crippen molar-refractivity contribution in [1.82, 2.24) is 5.32 Å². The Labute approximate surface area is 138 Å². The first-order valence-corrected chi connectivity index (χ1v) is 8.21. The third kappa shape index (κ3) is 5.76. The van der Waals surface area contributed by atoms with Crippen molar-refractivity contribution in [2.24, 2.45) is 0 Å². The van der Waals surface area contributed by atoms with E-state index in [1.807, 2.05) is 26.0 Å². The van der Waals surface area contributed by atoms with Gasteiger partial charge in [-0.05, 0) is 42.5 Å². The zero-order chi connectivity index (χ0) is 16.7. The molecule has 4 nitrogen and oxygen atoms in total. The molecule has 1 aromatic rings. The minimum atomic E-state index is -0.628. The van der Waals surface area contributed by atoms with E-state index in [-0.39, 0.29) is 19.3 Å². The quantitative estimate of drug-likeness (QED) is 0.652. The molecule has 0 radical (unpaired) electrons. The van der Waals surface area contributed by atoms with Gasteiger partial charge in [-0.15, -0.1) is 0 Å². The Kier molecular flexibility index (Phi) is 8.18. The average Bonchev–Trinajstić information content (AvgIpc) is 2.48. The molecule has 126 valence electrons. The van der Waals surface area contributed by atoms with E-state index < -0.39 is 6.10 Å². The summed E-state index contributed by atoms with van der Waals surface area (Å²) >= 11 is 6.17. The smallest absolute Gasteiger partial charge is 0.123 e. The molecular formula is C17H28ClNO3. The number of aliphatic hydroxyl groups is 2. The number of aryl methyl sites for hydroxylation is 1. The molecule has 0 saturated carbocycles. The van der Waals surface area contributed by atoms with Crippen molar-refractivity contribution >= 4 is 11.6 Å². The standard InChI is InChI=1S/C17H28ClNO3/c1-5-13(9-20)19-8-14(21)10-22-17-6-12(4)16(18)7-15(17)11(2)3/h6-7,11,13-14,19-21H,5,8-10H2,1-4H3. The first kappa shape index (κ1) is 19.2. The van der Waals surface area contributed by atoms with Crippen LogP contribution in [0.3, 0.4) is 0 Å². The van der Waals surface area contributed by atoms with E-state index in [9.17, 15) is 5.11 Å². The fourth-order valence-corrected chi connectivity index (χ4v) is 2.30. The molecule has 2 unspecified atom stereocenters. The predicted octanol–water partition coefficient (Wildman–Crippen LogP) is 2.87. The zero-order valence-electron chi connectivity index (χ0n) is 13.9. The van der Waals surface area contributed by atoms with E-state index in [2.05, 4.69) is 19.2 Å². The van der Waals surface area contributed by atoms with Crippen LogP contribution in [0, 0.1) is 6.92 Å². The highest BCUT2D eigenvalue weighted by molar-refractivity contribution is 6.31. The van der Waals surface area contributed by atoms with Crippen molar-refractivity contribution in [3.05, 3.63) is 28.3 Å². The molecule has 5 heteroatoms. The van der Waals surface area contributed by atoms with Gasteiger partial charge in [0.1, 0.15) is 18.5 Å². The highest BCUT2D eigenvalue weighted by atomic mass is 35.5. The van der Waals surface area contributed by atoms with Crippen molar-refractivity contribution in [3.8, 4) is 5.75 Å². The second-order valence-electron chi connectivity index (χ2n) is 5.95. The van der Waals surface area contributed by atoms with Crippen LogP contribution in [0.4, 0.5) is 0 Å². The third-order valence-electron chi connectivity index (χ3n) is 3.70. The Morgan fingerprint density at radius 3 is 2.55 bits per heavy atom. The van der Waals surface area contributed by atoms with Crippen LogP contribution >= 0.6 is 11.6 Å². The van der Waals surface area contributed by atoms with Crippen LogP contribution in [0.2, 0.25) is 5.02 Å². The topological polar surface area (TPSA) is 61.7 Å². The number of benzene rings is 1. The molecule has 1 aromatic carbocycles. The molecule has 0 heterocycles. The lowest BCUT2D eigenvalue weighted by Crippen LogP contribution is -2.39. The molecule has 0 aliphatic carbocycles. The molecule has 1 rings (SSSR count). The fourth-order valence-electron chi connectivity index (χ4n) is 2.13. The SMILES string of the molecule is CCC(CO)NCC(O)COc1cc(C)c(Cl)cc1C(C)C. The number of aliphatic hydroxyl groups excluding tert-OH is 2. The first-order valence-electron chi connectivity index (χ1n) is 7.84. The molecule has 0 bridgehead atoms. The normalized spacial score (nSPS) is 14.2. The lowest BCUT2D eigenvalue weighted by Gasteiger charge is -2.20. The summed E-state index contributed by atoms with van der Waals surface area (Å²) in [7, 11) is 0. The maximum atomic E-state index is 10.0. The molecule has 0 fully saturated rings. The van der Waals surface area contributed by atoms with E-state index >= 15 is 0 Å². The Morgan fingerprint density at radius 1 is 1.32 bits per heavy atom. The number of nitrogens with one attached hydrogen (secondary N) is 1. The lowest BCUT2D eigenvalue weighted by molar-refractivity contribution is 0.0988. The first-order chi connectivity index (χ1) is 10.4. The van der Waals surface area contributed by atoms with Gasteiger partial charge in [-0.3, -0.25) is 0 Å². The molecule has 0 amide bonds. The van der Waals surface area contributed by atoms with Crippen molar-refractivity contribution in [1.29, 1.82) is 0 Å². The van der Waals surface area contributed by atoms with Crippen LogP contribution in [-0.2, 0) is 0 Å². The molecule has 0 aromatic heterocycles. The van der Waals surface area contributed by atoms with E-state index in [1.165, 1.54) is 0 Å². The van der Waals surface area contributed by atoms with Gasteiger partial charge in [0.25, 0.3) is 0 Å². The Hall–Kier alpha value is -0.810. The van der Waals surface area contributed by atoms with Crippen molar-refractivity contribution in [2.45, 2.75) is 52.2 Å². The van der Waals surface area contributed by atoms with E-state index in [0.717, 1.165) is 28.3 Å². The van der Waals surface area contributed by atoms with Gasteiger partial charge in [0, 0.05) is 17.6 Å². The van der Waals surface area contributed by atoms with Crippen LogP contribution < -0.4 is 10.1 Å². The van der Waals surface area contributed by atoms with Crippen molar-refractivity contribution in [2.75, 3.05) is 19.8 Å². The van der Waals surface area contributed by atoms with Crippen molar-refractivity contribution < 1.29 is 14.9 Å². The van der Waals surface area contributed by atoms with Crippen LogP contribution in [0.1, 0.15) is 44.2 Å². The molecule has 0 saturated heterocycles. The molecule has 22 heavy (non-hydrogen) atoms. The highest BCUT2D eigenvalue weighted by Crippen LogP contribution is 2.32. The Balaban J connectivity index is 2.62. The number of halogens is 1. The minimum absolute atomic E-state index is 0.0126. The van der Waals surface area contributed by atoms with Gasteiger partial charge in [-0.2, -0.15) is 0 Å². The molecular weight excluding hydrogens is 302 g/mol. The van der Waals surface area contributed by atoms with Crippen LogP contribution in [0.25, 0.3) is 0 Å². The van der Waals surface area contributed by atoms with Gasteiger partial charge in [0.15, 0.2) is 0 Å². The summed E-state index contributed by atoms with van der Waals surface area (Å²) in [6.45, 7) is 8.75. The van der Waals surface area contributed by atoms with E-state index in [1.54, 1.807) is 0 Å². The van der Waals surface area contributed by atoms with Crippen molar-refractivity contribution in [3.63, 3.8) is 0 Å². The highest BCUT2D eigenvalue weighted by Gasteiger charge is 2.14. The number of hydrogen-bond donors (Lipinski definition) is 3. The zero-order valence-corrected chi connectivity index (χ0v) is 14.7. The number of ether oxygens (including phenoxy) is 1. The van der Waals surface area contributed by atoms with Gasteiger partial charge in [0.05, 0.1) is 6.61 Å². The summed E-state index contributed by atoms with van der Waals surface area (Å²) in [5.41, 5.74) is 2.00. The van der Waals surface area contributed by atoms with Gasteiger partial charge in [-0.25, -0.2) is 0 Å². The Bertz CT molecular complexity index is 461. The van der Waals surface area contributed by atoms with Crippen LogP contribution in [0.15, 0.2) is 12.1 Å². The summed E-state index contributed by atoms with van der Waals surface area (Å²) in [5, 5.41) is 23.0. The number of rotatable bonds is 9. The molecule has 3 N–H and O–H groups in total. The fraction of sp³-hybridized carbons (Fsp3) is 0.647. The van der Waals surface area contributed by atoms with Gasteiger partial charge in [-0.1, -0.05) is 32.4 Å². The van der Waals surface area contributed by atoms with Gasteiger partial charge in [0.2, 0.25) is 0 Å². The summed E-state index contributed by atoms with van der Waals surface area (Å²) in [4.78, 5) is 0. The monoisotopic (exact) mass is 329 g/mol. The second-order valence-corrected chi connectivity index (χ2v) is 6.36. The van der Waals surface area contributed by atoms with E-state index in [4.69, 9.17) is 21.4 Å². The van der Waals surface area contributed by atoms with Crippen LogP contribution in [-0.4, -0.2) is 42.1 Å². The van der Waals surface area contributed by atoms with Crippen LogP contribution in [0.5, 0.6) is 5.75 Å². The summed E-state index contributed by atoms with van der Waals surface area (Å²) < 4.78 is 5.78. The lowest BCUT2D eigenvalue weighted by atomic mass is 10.0. The second kappa shape index (κ2) is 9.36. The average molecular weight is 330 g/mol. The summed E-state index contributed by atoms with van der Waals surface area (Å²) in [5.74, 6) is 1.06. The molecule has 0 aliphatic heterocycles. The molecule has 0 aliphatic rings. The molecule has 2 atom stereocenters.